The van der Waals surface area contributed by atoms with Crippen molar-refractivity contribution in [1.82, 2.24) is 15.0 Å². The van der Waals surface area contributed by atoms with Gasteiger partial charge in [0.2, 0.25) is 15.9 Å². The number of halogens is 5. The van der Waals surface area contributed by atoms with Gasteiger partial charge in [0.15, 0.2) is 0 Å². The van der Waals surface area contributed by atoms with Crippen molar-refractivity contribution in [3.05, 3.63) is 52.9 Å². The number of sulfonamides is 1. The lowest BCUT2D eigenvalue weighted by molar-refractivity contribution is -0.137. The number of amides is 1. The van der Waals surface area contributed by atoms with E-state index in [0.717, 1.165) is 30.5 Å². The Morgan fingerprint density at radius 2 is 2.00 bits per heavy atom. The highest BCUT2D eigenvalue weighted by molar-refractivity contribution is 7.89. The minimum Gasteiger partial charge on any atom is -0.354 e. The lowest BCUT2D eigenvalue weighted by atomic mass is 10.2. The molecule has 1 saturated heterocycles. The quantitative estimate of drug-likeness (QED) is 0.578. The highest BCUT2D eigenvalue weighted by Gasteiger charge is 2.31. The van der Waals surface area contributed by atoms with Crippen LogP contribution in [0.2, 0.25) is 5.02 Å². The van der Waals surface area contributed by atoms with Crippen LogP contribution in [0.4, 0.5) is 23.4 Å². The zero-order valence-electron chi connectivity index (χ0n) is 16.5. The third-order valence-electron chi connectivity index (χ3n) is 4.80. The maximum Gasteiger partial charge on any atom is 0.417 e. The molecule has 0 radical (unpaired) electrons. The summed E-state index contributed by atoms with van der Waals surface area (Å²) in [4.78, 5) is 17.5. The fraction of sp³-hybridized carbons (Fsp3) is 0.368. The van der Waals surface area contributed by atoms with Crippen LogP contribution in [0.15, 0.2) is 41.4 Å². The van der Waals surface area contributed by atoms with E-state index >= 15 is 0 Å². The van der Waals surface area contributed by atoms with Crippen molar-refractivity contribution in [3.8, 4) is 0 Å². The van der Waals surface area contributed by atoms with Crippen molar-refractivity contribution >= 4 is 33.3 Å². The summed E-state index contributed by atoms with van der Waals surface area (Å²) in [5, 5.41) is 2.43. The highest BCUT2D eigenvalue weighted by Crippen LogP contribution is 2.30. The molecule has 1 unspecified atom stereocenters. The van der Waals surface area contributed by atoms with Crippen LogP contribution >= 0.6 is 11.6 Å². The first-order chi connectivity index (χ1) is 15.0. The van der Waals surface area contributed by atoms with Gasteiger partial charge in [-0.25, -0.2) is 22.5 Å². The van der Waals surface area contributed by atoms with Gasteiger partial charge in [0.1, 0.15) is 11.6 Å². The Kier molecular flexibility index (Phi) is 7.25. The molecule has 7 nitrogen and oxygen atoms in total. The van der Waals surface area contributed by atoms with E-state index in [0.29, 0.717) is 25.3 Å². The summed E-state index contributed by atoms with van der Waals surface area (Å²) in [5.41, 5.74) is -0.837. The molecule has 0 saturated carbocycles. The minimum absolute atomic E-state index is 0.136. The minimum atomic E-state index is -4.46. The largest absolute Gasteiger partial charge is 0.417 e. The van der Waals surface area contributed by atoms with E-state index in [1.54, 1.807) is 4.90 Å². The molecule has 2 aromatic rings. The predicted molar refractivity (Wildman–Crippen MR) is 109 cm³/mol. The van der Waals surface area contributed by atoms with Crippen LogP contribution in [0.3, 0.4) is 0 Å². The van der Waals surface area contributed by atoms with Crippen molar-refractivity contribution in [1.29, 1.82) is 0 Å². The van der Waals surface area contributed by atoms with Crippen LogP contribution in [-0.2, 0) is 21.0 Å². The molecule has 0 spiro atoms. The van der Waals surface area contributed by atoms with Crippen LogP contribution in [0.25, 0.3) is 0 Å². The number of aromatic nitrogens is 1. The normalized spacial score (nSPS) is 16.9. The molecule has 3 rings (SSSR count). The van der Waals surface area contributed by atoms with E-state index in [2.05, 4.69) is 15.0 Å². The van der Waals surface area contributed by atoms with Gasteiger partial charge < -0.3 is 10.2 Å². The molecular formula is C19H19ClF4N4O3S. The van der Waals surface area contributed by atoms with Crippen LogP contribution < -0.4 is 14.9 Å². The van der Waals surface area contributed by atoms with Gasteiger partial charge in [0, 0.05) is 38.3 Å². The average molecular weight is 495 g/mol. The molecule has 1 aliphatic rings. The van der Waals surface area contributed by atoms with Crippen LogP contribution in [0.5, 0.6) is 0 Å². The third-order valence-corrected chi connectivity index (χ3v) is 6.55. The second-order valence-corrected chi connectivity index (χ2v) is 9.30. The van der Waals surface area contributed by atoms with Gasteiger partial charge in [-0.3, -0.25) is 4.79 Å². The van der Waals surface area contributed by atoms with E-state index in [1.807, 2.05) is 0 Å². The van der Waals surface area contributed by atoms with Gasteiger partial charge in [-0.15, -0.1) is 0 Å². The first kappa shape index (κ1) is 24.2. The number of carbonyl (C=O) groups excluding carboxylic acids is 1. The van der Waals surface area contributed by atoms with Gasteiger partial charge in [-0.2, -0.15) is 13.2 Å². The van der Waals surface area contributed by atoms with Crippen molar-refractivity contribution in [2.24, 2.45) is 0 Å². The Hall–Kier alpha value is -2.44. The summed E-state index contributed by atoms with van der Waals surface area (Å²) < 4.78 is 77.8. The first-order valence-electron chi connectivity index (χ1n) is 9.48. The second kappa shape index (κ2) is 9.59. The van der Waals surface area contributed by atoms with Crippen molar-refractivity contribution in [2.75, 3.05) is 24.5 Å². The molecule has 1 amide bonds. The molecule has 2 heterocycles. The summed E-state index contributed by atoms with van der Waals surface area (Å²) in [6.45, 7) is 0.686. The number of hydrogen-bond acceptors (Lipinski definition) is 5. The summed E-state index contributed by atoms with van der Waals surface area (Å²) in [5.74, 6) is -0.764. The molecule has 2 N–H and O–H groups in total. The second-order valence-electron chi connectivity index (χ2n) is 7.13. The summed E-state index contributed by atoms with van der Waals surface area (Å²) in [6, 6.07) is 4.95. The number of hydrogen-bond donors (Lipinski definition) is 2. The fourth-order valence-corrected chi connectivity index (χ4v) is 4.46. The van der Waals surface area contributed by atoms with Gasteiger partial charge >= 0.3 is 6.18 Å². The number of carbonyl (C=O) groups is 1. The topological polar surface area (TPSA) is 91.4 Å². The van der Waals surface area contributed by atoms with Gasteiger partial charge in [-0.05, 0) is 36.8 Å². The molecule has 0 aliphatic carbocycles. The smallest absolute Gasteiger partial charge is 0.354 e. The van der Waals surface area contributed by atoms with Crippen molar-refractivity contribution < 1.29 is 30.8 Å². The lowest BCUT2D eigenvalue weighted by Gasteiger charge is -2.18. The van der Waals surface area contributed by atoms with Crippen LogP contribution in [-0.4, -0.2) is 45.0 Å². The number of pyridine rings is 1. The molecule has 174 valence electrons. The van der Waals surface area contributed by atoms with E-state index in [9.17, 15) is 30.8 Å². The molecule has 1 fully saturated rings. The molecule has 1 aliphatic heterocycles. The van der Waals surface area contributed by atoms with E-state index in [1.165, 1.54) is 6.07 Å². The molecule has 13 heteroatoms. The Bertz CT molecular complexity index is 1080. The highest BCUT2D eigenvalue weighted by atomic mass is 35.5. The Labute approximate surface area is 186 Å². The van der Waals surface area contributed by atoms with Gasteiger partial charge in [0.05, 0.1) is 15.5 Å². The monoisotopic (exact) mass is 494 g/mol. The number of anilines is 1. The summed E-state index contributed by atoms with van der Waals surface area (Å²) in [6.07, 6.45) is -3.27. The molecule has 0 bridgehead atoms. The summed E-state index contributed by atoms with van der Waals surface area (Å²) in [7, 11) is -3.96. The van der Waals surface area contributed by atoms with Gasteiger partial charge in [-0.1, -0.05) is 11.6 Å². The number of rotatable bonds is 7. The number of nitrogens with zero attached hydrogens (tertiary/aromatic N) is 2. The standard InChI is InChI=1S/C19H19ClF4N4O3S/c20-15-9-14(2-3-16(15)21)32(30,31)26-7-5-18(29)27-13-6-8-28(11-13)17-4-1-12(10-25-17)19(22,23)24/h1-4,9-10,13,26H,5-8,11H2,(H,27,29). The average Bonchev–Trinajstić information content (AvgIpc) is 3.17. The predicted octanol–water partition coefficient (Wildman–Crippen LogP) is 2.96. The molecule has 32 heavy (non-hydrogen) atoms. The number of nitrogens with one attached hydrogen (secondary N) is 2. The number of benzene rings is 1. The maximum absolute atomic E-state index is 13.2. The van der Waals surface area contributed by atoms with Crippen LogP contribution in [0, 0.1) is 5.82 Å². The van der Waals surface area contributed by atoms with E-state index < -0.39 is 33.5 Å². The Balaban J connectivity index is 1.46. The first-order valence-corrected chi connectivity index (χ1v) is 11.3. The zero-order chi connectivity index (χ0) is 23.5. The van der Waals surface area contributed by atoms with Crippen molar-refractivity contribution in [2.45, 2.75) is 30.0 Å². The number of alkyl halides is 3. The molecule has 1 atom stereocenters. The SMILES string of the molecule is O=C(CCNS(=O)(=O)c1ccc(F)c(Cl)c1)NC1CCN(c2ccc(C(F)(F)F)cn2)C1. The molecule has 1 aromatic carbocycles. The lowest BCUT2D eigenvalue weighted by Crippen LogP contribution is -2.39. The third kappa shape index (κ3) is 6.08. The van der Waals surface area contributed by atoms with E-state index in [4.69, 9.17) is 11.6 Å². The van der Waals surface area contributed by atoms with Gasteiger partial charge in [0.25, 0.3) is 0 Å². The molecular weight excluding hydrogens is 476 g/mol. The van der Waals surface area contributed by atoms with Crippen molar-refractivity contribution in [3.63, 3.8) is 0 Å². The fourth-order valence-electron chi connectivity index (χ4n) is 3.15. The Morgan fingerprint density at radius 1 is 1.25 bits per heavy atom. The van der Waals surface area contributed by atoms with Crippen LogP contribution in [0.1, 0.15) is 18.4 Å². The van der Waals surface area contributed by atoms with E-state index in [-0.39, 0.29) is 28.9 Å². The summed E-state index contributed by atoms with van der Waals surface area (Å²) >= 11 is 5.59. The molecule has 1 aromatic heterocycles. The zero-order valence-corrected chi connectivity index (χ0v) is 18.1. The Morgan fingerprint density at radius 3 is 2.62 bits per heavy atom. The maximum atomic E-state index is 13.2.